The highest BCUT2D eigenvalue weighted by Gasteiger charge is 2.08. The second-order valence-corrected chi connectivity index (χ2v) is 4.12. The molecule has 1 aromatic carbocycles. The summed E-state index contributed by atoms with van der Waals surface area (Å²) >= 11 is 6.06. The molecule has 0 unspecified atom stereocenters. The van der Waals surface area contributed by atoms with Gasteiger partial charge in [-0.3, -0.25) is 9.78 Å². The van der Waals surface area contributed by atoms with Crippen LogP contribution < -0.4 is 10.1 Å². The van der Waals surface area contributed by atoms with Crippen molar-refractivity contribution in [1.82, 2.24) is 10.3 Å². The lowest BCUT2D eigenvalue weighted by Crippen LogP contribution is -2.29. The fraction of sp³-hybridized carbons (Fsp3) is 0.143. The van der Waals surface area contributed by atoms with Gasteiger partial charge in [0.1, 0.15) is 11.3 Å². The summed E-state index contributed by atoms with van der Waals surface area (Å²) in [5.74, 6) is 2.55. The van der Waals surface area contributed by atoms with Crippen LogP contribution in [0.5, 0.6) is 5.75 Å². The van der Waals surface area contributed by atoms with Gasteiger partial charge in [0.05, 0.1) is 11.6 Å². The molecule has 0 atom stereocenters. The minimum absolute atomic E-state index is 0.116. The Morgan fingerprint density at radius 2 is 2.32 bits per heavy atom. The summed E-state index contributed by atoms with van der Waals surface area (Å²) in [7, 11) is 0. The molecule has 19 heavy (non-hydrogen) atoms. The van der Waals surface area contributed by atoms with Gasteiger partial charge in [0.25, 0.3) is 5.91 Å². The number of aromatic nitrogens is 1. The van der Waals surface area contributed by atoms with Crippen molar-refractivity contribution in [3.8, 4) is 18.1 Å². The minimum atomic E-state index is -0.281. The smallest absolute Gasteiger partial charge is 0.258 e. The lowest BCUT2D eigenvalue weighted by Gasteiger charge is -2.09. The summed E-state index contributed by atoms with van der Waals surface area (Å²) < 4.78 is 5.43. The molecule has 1 amide bonds. The van der Waals surface area contributed by atoms with E-state index in [9.17, 15) is 4.79 Å². The Hall–Kier alpha value is -2.25. The Kier molecular flexibility index (Phi) is 4.22. The van der Waals surface area contributed by atoms with Crippen molar-refractivity contribution >= 4 is 28.4 Å². The molecule has 96 valence electrons. The number of terminal acetylenes is 1. The number of pyridine rings is 1. The number of fused-ring (bicyclic) bond motifs is 1. The maximum atomic E-state index is 11.4. The van der Waals surface area contributed by atoms with Crippen LogP contribution in [0, 0.1) is 12.3 Å². The highest BCUT2D eigenvalue weighted by Crippen LogP contribution is 2.29. The molecule has 0 radical (unpaired) electrons. The average Bonchev–Trinajstić information content (AvgIpc) is 2.45. The number of ether oxygens (including phenoxy) is 1. The number of carbonyl (C=O) groups is 1. The molecule has 1 heterocycles. The fourth-order valence-corrected chi connectivity index (χ4v) is 1.79. The minimum Gasteiger partial charge on any atom is -0.481 e. The van der Waals surface area contributed by atoms with E-state index >= 15 is 0 Å². The number of nitrogens with zero attached hydrogens (tertiary/aromatic N) is 1. The third-order valence-electron chi connectivity index (χ3n) is 2.43. The van der Waals surface area contributed by atoms with E-state index in [0.29, 0.717) is 16.3 Å². The predicted molar refractivity (Wildman–Crippen MR) is 74.1 cm³/mol. The van der Waals surface area contributed by atoms with Gasteiger partial charge < -0.3 is 10.1 Å². The lowest BCUT2D eigenvalue weighted by atomic mass is 10.2. The average molecular weight is 275 g/mol. The highest BCUT2D eigenvalue weighted by molar-refractivity contribution is 6.35. The number of hydrogen-bond acceptors (Lipinski definition) is 3. The van der Waals surface area contributed by atoms with Crippen LogP contribution in [-0.2, 0) is 4.79 Å². The van der Waals surface area contributed by atoms with Crippen molar-refractivity contribution in [2.45, 2.75) is 0 Å². The summed E-state index contributed by atoms with van der Waals surface area (Å²) in [6, 6.07) is 7.03. The van der Waals surface area contributed by atoms with Gasteiger partial charge in [0.2, 0.25) is 0 Å². The van der Waals surface area contributed by atoms with Gasteiger partial charge in [-0.1, -0.05) is 17.5 Å². The molecule has 1 N–H and O–H groups in total. The number of halogens is 1. The molecular weight excluding hydrogens is 264 g/mol. The van der Waals surface area contributed by atoms with Gasteiger partial charge in [-0.2, -0.15) is 0 Å². The van der Waals surface area contributed by atoms with Crippen LogP contribution in [0.3, 0.4) is 0 Å². The second kappa shape index (κ2) is 6.07. The standard InChI is InChI=1S/C14H11ClN2O2/c1-2-7-16-13(18)9-19-12-6-5-11(15)10-4-3-8-17-14(10)12/h1,3-6,8H,7,9H2,(H,16,18). The Bertz CT molecular complexity index is 649. The zero-order chi connectivity index (χ0) is 13.7. The number of carbonyl (C=O) groups excluding carboxylic acids is 1. The van der Waals surface area contributed by atoms with Gasteiger partial charge in [0.15, 0.2) is 6.61 Å². The molecule has 0 fully saturated rings. The summed E-state index contributed by atoms with van der Waals surface area (Å²) in [6.07, 6.45) is 6.69. The molecule has 4 nitrogen and oxygen atoms in total. The maximum Gasteiger partial charge on any atom is 0.258 e. The van der Waals surface area contributed by atoms with Gasteiger partial charge in [0, 0.05) is 11.6 Å². The monoisotopic (exact) mass is 274 g/mol. The first-order valence-corrected chi connectivity index (χ1v) is 5.96. The zero-order valence-corrected chi connectivity index (χ0v) is 10.8. The van der Waals surface area contributed by atoms with Crippen molar-refractivity contribution in [3.63, 3.8) is 0 Å². The molecule has 0 aliphatic heterocycles. The van der Waals surface area contributed by atoms with E-state index in [2.05, 4.69) is 16.2 Å². The maximum absolute atomic E-state index is 11.4. The Labute approximate surface area is 115 Å². The van der Waals surface area contributed by atoms with E-state index in [-0.39, 0.29) is 19.1 Å². The fourth-order valence-electron chi connectivity index (χ4n) is 1.57. The number of amides is 1. The first-order chi connectivity index (χ1) is 9.22. The van der Waals surface area contributed by atoms with Gasteiger partial charge >= 0.3 is 0 Å². The molecule has 0 bridgehead atoms. The van der Waals surface area contributed by atoms with Crippen LogP contribution in [-0.4, -0.2) is 24.0 Å². The van der Waals surface area contributed by atoms with Crippen molar-refractivity contribution in [2.24, 2.45) is 0 Å². The van der Waals surface area contributed by atoms with Crippen molar-refractivity contribution in [2.75, 3.05) is 13.2 Å². The summed E-state index contributed by atoms with van der Waals surface area (Å²) in [4.78, 5) is 15.6. The summed E-state index contributed by atoms with van der Waals surface area (Å²) in [5.41, 5.74) is 0.625. The van der Waals surface area contributed by atoms with Crippen molar-refractivity contribution < 1.29 is 9.53 Å². The van der Waals surface area contributed by atoms with E-state index in [1.807, 2.05) is 6.07 Å². The molecule has 1 aromatic heterocycles. The molecule has 0 saturated carbocycles. The van der Waals surface area contributed by atoms with E-state index in [0.717, 1.165) is 5.39 Å². The quantitative estimate of drug-likeness (QED) is 0.868. The third-order valence-corrected chi connectivity index (χ3v) is 2.76. The largest absolute Gasteiger partial charge is 0.481 e. The molecule has 5 heteroatoms. The normalized spacial score (nSPS) is 9.89. The van der Waals surface area contributed by atoms with Gasteiger partial charge in [-0.15, -0.1) is 6.42 Å². The summed E-state index contributed by atoms with van der Waals surface area (Å²) in [6.45, 7) is 0.0663. The number of hydrogen-bond donors (Lipinski definition) is 1. The Morgan fingerprint density at radius 3 is 3.11 bits per heavy atom. The summed E-state index contributed by atoms with van der Waals surface area (Å²) in [5, 5.41) is 3.89. The first kappa shape index (κ1) is 13.2. The van der Waals surface area contributed by atoms with E-state index in [1.165, 1.54) is 0 Å². The van der Waals surface area contributed by atoms with Crippen LogP contribution in [0.15, 0.2) is 30.5 Å². The van der Waals surface area contributed by atoms with E-state index in [1.54, 1.807) is 24.4 Å². The second-order valence-electron chi connectivity index (χ2n) is 3.71. The van der Waals surface area contributed by atoms with Crippen LogP contribution in [0.2, 0.25) is 5.02 Å². The van der Waals surface area contributed by atoms with Crippen LogP contribution in [0.4, 0.5) is 0 Å². The highest BCUT2D eigenvalue weighted by atomic mass is 35.5. The Balaban J connectivity index is 2.16. The molecular formula is C14H11ClN2O2. The number of rotatable bonds is 4. The molecule has 0 saturated heterocycles. The van der Waals surface area contributed by atoms with Gasteiger partial charge in [-0.05, 0) is 24.3 Å². The van der Waals surface area contributed by atoms with E-state index < -0.39 is 0 Å². The molecule has 2 rings (SSSR count). The zero-order valence-electron chi connectivity index (χ0n) is 10.0. The van der Waals surface area contributed by atoms with E-state index in [4.69, 9.17) is 22.8 Å². The van der Waals surface area contributed by atoms with Crippen LogP contribution in [0.1, 0.15) is 0 Å². The topological polar surface area (TPSA) is 51.2 Å². The number of nitrogens with one attached hydrogen (secondary N) is 1. The lowest BCUT2D eigenvalue weighted by molar-refractivity contribution is -0.122. The molecule has 0 aliphatic carbocycles. The molecule has 0 aliphatic rings. The number of benzene rings is 1. The third kappa shape index (κ3) is 3.15. The van der Waals surface area contributed by atoms with Crippen LogP contribution >= 0.6 is 11.6 Å². The SMILES string of the molecule is C#CCNC(=O)COc1ccc(Cl)c2cccnc12. The van der Waals surface area contributed by atoms with Crippen LogP contribution in [0.25, 0.3) is 10.9 Å². The van der Waals surface area contributed by atoms with Crippen molar-refractivity contribution in [3.05, 3.63) is 35.5 Å². The molecule has 0 spiro atoms. The Morgan fingerprint density at radius 1 is 1.47 bits per heavy atom. The predicted octanol–water partition coefficient (Wildman–Crippen LogP) is 2.02. The van der Waals surface area contributed by atoms with Crippen molar-refractivity contribution in [1.29, 1.82) is 0 Å². The van der Waals surface area contributed by atoms with Gasteiger partial charge in [-0.25, -0.2) is 0 Å². The molecule has 2 aromatic rings. The first-order valence-electron chi connectivity index (χ1n) is 5.58.